The summed E-state index contributed by atoms with van der Waals surface area (Å²) in [6, 6.07) is 0.589. The normalized spacial score (nSPS) is 13.5. The van der Waals surface area contributed by atoms with Gasteiger partial charge in [0.2, 0.25) is 5.88 Å². The highest BCUT2D eigenvalue weighted by atomic mass is 79.9. The van der Waals surface area contributed by atoms with Crippen LogP contribution in [0.25, 0.3) is 0 Å². The fourth-order valence-electron chi connectivity index (χ4n) is 1.47. The molecule has 1 rings (SSSR count). The topological polar surface area (TPSA) is 45.1 Å². The molecule has 0 fully saturated rings. The number of hydrogen-bond acceptors (Lipinski definition) is 3. The zero-order chi connectivity index (χ0) is 14.5. The molecule has 1 heterocycles. The summed E-state index contributed by atoms with van der Waals surface area (Å²) in [6.45, 7) is 0.265. The Hall–Kier alpha value is -0.890. The molecule has 0 aliphatic rings. The highest BCUT2D eigenvalue weighted by Crippen LogP contribution is 2.33. The third-order valence-electron chi connectivity index (χ3n) is 2.38. The summed E-state index contributed by atoms with van der Waals surface area (Å²) >= 11 is 2.96. The minimum atomic E-state index is -4.55. The number of hydrogen-bond donors (Lipinski definition) is 2. The Kier molecular flexibility index (Phi) is 5.99. The van der Waals surface area contributed by atoms with Crippen LogP contribution in [0.5, 0.6) is 5.88 Å². The number of alkyl halides is 5. The van der Waals surface area contributed by atoms with Crippen LogP contribution < -0.4 is 5.32 Å². The molecule has 0 saturated heterocycles. The van der Waals surface area contributed by atoms with Gasteiger partial charge < -0.3 is 10.4 Å². The van der Waals surface area contributed by atoms with Gasteiger partial charge in [0.1, 0.15) is 6.17 Å². The molecule has 0 amide bonds. The van der Waals surface area contributed by atoms with Crippen LogP contribution in [0.2, 0.25) is 0 Å². The molecule has 0 bridgehead atoms. The lowest BCUT2D eigenvalue weighted by molar-refractivity contribution is -0.138. The Labute approximate surface area is 116 Å². The van der Waals surface area contributed by atoms with Crippen molar-refractivity contribution in [2.24, 2.45) is 0 Å². The first-order valence-electron chi connectivity index (χ1n) is 5.50. The summed E-state index contributed by atoms with van der Waals surface area (Å²) in [7, 11) is 0. The summed E-state index contributed by atoms with van der Waals surface area (Å²) in [6.07, 6.45) is -4.59. The lowest BCUT2D eigenvalue weighted by atomic mass is 10.1. The van der Waals surface area contributed by atoms with Crippen molar-refractivity contribution in [1.82, 2.24) is 10.3 Å². The van der Waals surface area contributed by atoms with Crippen LogP contribution in [0.3, 0.4) is 0 Å². The maximum Gasteiger partial charge on any atom is 0.416 e. The zero-order valence-corrected chi connectivity index (χ0v) is 11.4. The van der Waals surface area contributed by atoms with E-state index in [9.17, 15) is 17.6 Å². The number of rotatable bonds is 6. The van der Waals surface area contributed by atoms with Gasteiger partial charge in [-0.2, -0.15) is 13.2 Å². The Balaban J connectivity index is 2.63. The van der Waals surface area contributed by atoms with Gasteiger partial charge in [0.25, 0.3) is 0 Å². The van der Waals surface area contributed by atoms with E-state index in [-0.39, 0.29) is 30.4 Å². The molecule has 8 heteroatoms. The second-order valence-electron chi connectivity index (χ2n) is 3.90. The Bertz CT molecular complexity index is 414. The van der Waals surface area contributed by atoms with Crippen LogP contribution in [0.4, 0.5) is 17.6 Å². The van der Waals surface area contributed by atoms with Crippen LogP contribution in [0.15, 0.2) is 12.3 Å². The van der Waals surface area contributed by atoms with Crippen LogP contribution in [0.1, 0.15) is 11.1 Å². The molecule has 0 aromatic carbocycles. The minimum absolute atomic E-state index is 0.0351. The van der Waals surface area contributed by atoms with Gasteiger partial charge in [0.05, 0.1) is 5.56 Å². The molecule has 0 spiro atoms. The van der Waals surface area contributed by atoms with Crippen molar-refractivity contribution in [2.45, 2.75) is 18.8 Å². The standard InChI is InChI=1S/C11H13BrF4N2O/c12-4-8(13)6-17-2-1-7-5-18-10(19)3-9(7)11(14,15)16/h3,5,8,17H,1-2,4,6H2,(H,18,19). The number of nitrogens with one attached hydrogen (secondary N) is 1. The van der Waals surface area contributed by atoms with Gasteiger partial charge in [-0.25, -0.2) is 9.37 Å². The molecular weight excluding hydrogens is 332 g/mol. The van der Waals surface area contributed by atoms with Crippen LogP contribution >= 0.6 is 15.9 Å². The molecule has 19 heavy (non-hydrogen) atoms. The molecular formula is C11H13BrF4N2O. The van der Waals surface area contributed by atoms with E-state index in [1.165, 1.54) is 0 Å². The third-order valence-corrected chi connectivity index (χ3v) is 3.08. The maximum absolute atomic E-state index is 12.8. The molecule has 0 aliphatic heterocycles. The van der Waals surface area contributed by atoms with E-state index in [1.807, 2.05) is 0 Å². The van der Waals surface area contributed by atoms with Gasteiger partial charge in [-0.3, -0.25) is 0 Å². The average Bonchev–Trinajstić information content (AvgIpc) is 2.34. The van der Waals surface area contributed by atoms with Crippen LogP contribution in [-0.2, 0) is 12.6 Å². The molecule has 0 radical (unpaired) electrons. The van der Waals surface area contributed by atoms with Gasteiger partial charge in [-0.05, 0) is 18.5 Å². The van der Waals surface area contributed by atoms with Crippen LogP contribution in [0, 0.1) is 0 Å². The van der Waals surface area contributed by atoms with Gasteiger partial charge >= 0.3 is 6.18 Å². The van der Waals surface area contributed by atoms with E-state index in [0.717, 1.165) is 6.20 Å². The Morgan fingerprint density at radius 2 is 2.11 bits per heavy atom. The monoisotopic (exact) mass is 344 g/mol. The zero-order valence-electron chi connectivity index (χ0n) is 9.84. The van der Waals surface area contributed by atoms with E-state index >= 15 is 0 Å². The Morgan fingerprint density at radius 3 is 2.68 bits per heavy atom. The largest absolute Gasteiger partial charge is 0.493 e. The van der Waals surface area contributed by atoms with E-state index in [2.05, 4.69) is 26.2 Å². The van der Waals surface area contributed by atoms with E-state index in [1.54, 1.807) is 0 Å². The predicted octanol–water partition coefficient (Wildman–Crippen LogP) is 2.67. The summed E-state index contributed by atoms with van der Waals surface area (Å²) in [5, 5.41) is 11.9. The van der Waals surface area contributed by atoms with Crippen molar-refractivity contribution in [3.8, 4) is 5.88 Å². The first kappa shape index (κ1) is 16.2. The summed E-state index contributed by atoms with van der Waals surface area (Å²) < 4.78 is 50.9. The lowest BCUT2D eigenvalue weighted by Gasteiger charge is -2.13. The van der Waals surface area contributed by atoms with Crippen molar-refractivity contribution in [3.63, 3.8) is 0 Å². The molecule has 0 aliphatic carbocycles. The molecule has 1 aromatic rings. The first-order valence-corrected chi connectivity index (χ1v) is 6.62. The van der Waals surface area contributed by atoms with Crippen molar-refractivity contribution in [2.75, 3.05) is 18.4 Å². The highest BCUT2D eigenvalue weighted by molar-refractivity contribution is 9.09. The number of aromatic nitrogens is 1. The van der Waals surface area contributed by atoms with E-state index in [4.69, 9.17) is 5.11 Å². The molecule has 3 nitrogen and oxygen atoms in total. The van der Waals surface area contributed by atoms with Gasteiger partial charge in [-0.1, -0.05) is 15.9 Å². The SMILES string of the molecule is Oc1cc(C(F)(F)F)c(CCNCC(F)CBr)cn1. The summed E-state index contributed by atoms with van der Waals surface area (Å²) in [5.74, 6) is -0.674. The fraction of sp³-hybridized carbons (Fsp3) is 0.545. The first-order chi connectivity index (χ1) is 8.84. The average molecular weight is 345 g/mol. The predicted molar refractivity (Wildman–Crippen MR) is 66.2 cm³/mol. The molecule has 1 unspecified atom stereocenters. The minimum Gasteiger partial charge on any atom is -0.493 e. The number of pyridine rings is 1. The van der Waals surface area contributed by atoms with Crippen molar-refractivity contribution >= 4 is 15.9 Å². The highest BCUT2D eigenvalue weighted by Gasteiger charge is 2.33. The number of aromatic hydroxyl groups is 1. The van der Waals surface area contributed by atoms with Crippen molar-refractivity contribution in [1.29, 1.82) is 0 Å². The molecule has 0 saturated carbocycles. The number of halogens is 5. The van der Waals surface area contributed by atoms with E-state index < -0.39 is 23.8 Å². The maximum atomic E-state index is 12.8. The van der Waals surface area contributed by atoms with Gasteiger partial charge in [0.15, 0.2) is 0 Å². The molecule has 2 N–H and O–H groups in total. The van der Waals surface area contributed by atoms with Gasteiger partial charge in [0, 0.05) is 24.1 Å². The Morgan fingerprint density at radius 1 is 1.42 bits per heavy atom. The van der Waals surface area contributed by atoms with Crippen LogP contribution in [-0.4, -0.2) is 34.7 Å². The number of nitrogens with zero attached hydrogens (tertiary/aromatic N) is 1. The van der Waals surface area contributed by atoms with Crippen molar-refractivity contribution < 1.29 is 22.7 Å². The second kappa shape index (κ2) is 7.04. The molecule has 1 aromatic heterocycles. The second-order valence-corrected chi connectivity index (χ2v) is 4.55. The third kappa shape index (κ3) is 5.32. The van der Waals surface area contributed by atoms with Crippen molar-refractivity contribution in [3.05, 3.63) is 23.4 Å². The smallest absolute Gasteiger partial charge is 0.416 e. The van der Waals surface area contributed by atoms with Gasteiger partial charge in [-0.15, -0.1) is 0 Å². The molecule has 1 atom stereocenters. The summed E-state index contributed by atoms with van der Waals surface area (Å²) in [5.41, 5.74) is -0.953. The van der Waals surface area contributed by atoms with E-state index in [0.29, 0.717) is 6.07 Å². The lowest BCUT2D eigenvalue weighted by Crippen LogP contribution is -2.27. The fourth-order valence-corrected chi connectivity index (χ4v) is 1.70. The summed E-state index contributed by atoms with van der Waals surface area (Å²) in [4.78, 5) is 3.43. The molecule has 108 valence electrons. The quantitative estimate of drug-likeness (QED) is 0.473.